The fourth-order valence-electron chi connectivity index (χ4n) is 4.28. The zero-order valence-corrected chi connectivity index (χ0v) is 22.3. The van der Waals surface area contributed by atoms with Gasteiger partial charge in [-0.25, -0.2) is 4.98 Å². The number of fused-ring (bicyclic) bond motifs is 4. The Balaban J connectivity index is 1.44. The van der Waals surface area contributed by atoms with Crippen LogP contribution in [0, 0.1) is 5.92 Å². The third-order valence-corrected chi connectivity index (χ3v) is 6.63. The van der Waals surface area contributed by atoms with E-state index in [2.05, 4.69) is 31.1 Å². The van der Waals surface area contributed by atoms with Crippen molar-refractivity contribution in [1.29, 1.82) is 0 Å². The number of nitrogens with zero attached hydrogens (tertiary/aromatic N) is 5. The minimum atomic E-state index is -0.508. The monoisotopic (exact) mass is 562 g/mol. The summed E-state index contributed by atoms with van der Waals surface area (Å²) >= 11 is 12.7. The van der Waals surface area contributed by atoms with E-state index in [1.165, 1.54) is 17.1 Å². The van der Waals surface area contributed by atoms with Gasteiger partial charge in [-0.15, -0.1) is 5.10 Å². The molecule has 2 aromatic carbocycles. The van der Waals surface area contributed by atoms with Gasteiger partial charge >= 0.3 is 0 Å². The third kappa shape index (κ3) is 6.24. The van der Waals surface area contributed by atoms with Crippen molar-refractivity contribution in [2.75, 3.05) is 5.32 Å². The molecule has 3 N–H and O–H groups in total. The van der Waals surface area contributed by atoms with Crippen LogP contribution in [-0.2, 0) is 9.59 Å². The highest BCUT2D eigenvalue weighted by Gasteiger charge is 2.22. The minimum Gasteiger partial charge on any atom is -0.342 e. The van der Waals surface area contributed by atoms with E-state index in [1.54, 1.807) is 24.3 Å². The minimum absolute atomic E-state index is 0.00317. The molecule has 0 spiro atoms. The highest BCUT2D eigenvalue weighted by molar-refractivity contribution is 6.32. The average molecular weight is 563 g/mol. The molecule has 12 heteroatoms. The Morgan fingerprint density at radius 1 is 1.21 bits per heavy atom. The number of aromatic amines is 1. The predicted molar refractivity (Wildman–Crippen MR) is 149 cm³/mol. The number of anilines is 1. The van der Waals surface area contributed by atoms with E-state index in [1.807, 2.05) is 43.3 Å². The standard InChI is InChI=1S/C27H24Cl2N8O2/c1-16-5-4-8-21(27-33-25(26(29)34-27)19-6-2-3-7-20(19)31-24(39)13-16)32-23(38)12-9-17-14-18(28)10-11-22(17)37-15-30-35-36-37/h2-7,9-12,14-16,21H,8,13H2,1H3,(H,31,39)(H,32,38)(H,33,34)/b5-4-,12-9+/t16-,21?/m1/s1. The number of rotatable bonds is 4. The second-order valence-corrected chi connectivity index (χ2v) is 9.89. The summed E-state index contributed by atoms with van der Waals surface area (Å²) in [6.45, 7) is 1.96. The molecule has 0 radical (unpaired) electrons. The van der Waals surface area contributed by atoms with Gasteiger partial charge in [0.1, 0.15) is 23.0 Å². The van der Waals surface area contributed by atoms with Gasteiger partial charge in [-0.2, -0.15) is 4.68 Å². The molecule has 2 bridgehead atoms. The van der Waals surface area contributed by atoms with Crippen LogP contribution in [0.2, 0.25) is 10.2 Å². The van der Waals surface area contributed by atoms with Gasteiger partial charge in [0.25, 0.3) is 0 Å². The highest BCUT2D eigenvalue weighted by Crippen LogP contribution is 2.34. The number of halogens is 2. The third-order valence-electron chi connectivity index (χ3n) is 6.12. The number of para-hydroxylation sites is 1. The molecule has 5 rings (SSSR count). The summed E-state index contributed by atoms with van der Waals surface area (Å²) in [6, 6.07) is 12.0. The number of imidazole rings is 1. The summed E-state index contributed by atoms with van der Waals surface area (Å²) in [5.74, 6) is 0.0330. The number of hydrogen-bond acceptors (Lipinski definition) is 6. The lowest BCUT2D eigenvalue weighted by Gasteiger charge is -2.14. The lowest BCUT2D eigenvalue weighted by atomic mass is 10.0. The molecule has 2 atom stereocenters. The van der Waals surface area contributed by atoms with Crippen molar-refractivity contribution in [3.05, 3.63) is 88.6 Å². The Hall–Kier alpha value is -4.28. The Morgan fingerprint density at radius 3 is 2.87 bits per heavy atom. The Kier molecular flexibility index (Phi) is 7.85. The molecular formula is C27H24Cl2N8O2. The predicted octanol–water partition coefficient (Wildman–Crippen LogP) is 5.15. The molecule has 1 aliphatic rings. The van der Waals surface area contributed by atoms with Gasteiger partial charge in [-0.3, -0.25) is 9.59 Å². The molecule has 0 fully saturated rings. The summed E-state index contributed by atoms with van der Waals surface area (Å²) in [6.07, 6.45) is 9.14. The summed E-state index contributed by atoms with van der Waals surface area (Å²) in [5.41, 5.74) is 3.10. The maximum Gasteiger partial charge on any atom is 0.244 e. The first-order chi connectivity index (χ1) is 18.9. The smallest absolute Gasteiger partial charge is 0.244 e. The summed E-state index contributed by atoms with van der Waals surface area (Å²) in [4.78, 5) is 33.5. The SMILES string of the molecule is C[C@@H]1/C=C\CC(NC(=O)/C=C/c2cc(Cl)ccc2-n2cnnn2)c2nc(c(Cl)[nH]2)-c2ccccc2NC(=O)C1. The molecule has 198 valence electrons. The topological polar surface area (TPSA) is 130 Å². The number of carbonyl (C=O) groups is 2. The first-order valence-corrected chi connectivity index (χ1v) is 13.0. The number of amides is 2. The largest absolute Gasteiger partial charge is 0.342 e. The van der Waals surface area contributed by atoms with Gasteiger partial charge in [0.05, 0.1) is 17.4 Å². The van der Waals surface area contributed by atoms with Crippen molar-refractivity contribution in [3.8, 4) is 16.9 Å². The van der Waals surface area contributed by atoms with E-state index in [0.29, 0.717) is 57.0 Å². The summed E-state index contributed by atoms with van der Waals surface area (Å²) in [5, 5.41) is 18.0. The van der Waals surface area contributed by atoms with E-state index >= 15 is 0 Å². The number of benzene rings is 2. The zero-order valence-electron chi connectivity index (χ0n) is 20.8. The lowest BCUT2D eigenvalue weighted by molar-refractivity contribution is -0.117. The van der Waals surface area contributed by atoms with Crippen LogP contribution in [0.5, 0.6) is 0 Å². The van der Waals surface area contributed by atoms with Crippen LogP contribution < -0.4 is 10.6 Å². The second kappa shape index (κ2) is 11.6. The average Bonchev–Trinajstić information content (AvgIpc) is 3.57. The van der Waals surface area contributed by atoms with Crippen molar-refractivity contribution in [2.24, 2.45) is 5.92 Å². The number of carbonyl (C=O) groups excluding carboxylic acids is 2. The number of allylic oxidation sites excluding steroid dienone is 1. The van der Waals surface area contributed by atoms with Gasteiger partial charge in [-0.1, -0.05) is 60.5 Å². The Labute approximate surface area is 234 Å². The summed E-state index contributed by atoms with van der Waals surface area (Å²) in [7, 11) is 0. The van der Waals surface area contributed by atoms with Crippen LogP contribution in [-0.4, -0.2) is 42.0 Å². The lowest BCUT2D eigenvalue weighted by Crippen LogP contribution is -2.27. The fourth-order valence-corrected chi connectivity index (χ4v) is 4.70. The van der Waals surface area contributed by atoms with Crippen LogP contribution in [0.15, 0.2) is 67.0 Å². The first kappa shape index (κ1) is 26.3. The molecule has 0 saturated carbocycles. The molecule has 1 aliphatic heterocycles. The van der Waals surface area contributed by atoms with Gasteiger partial charge in [0.15, 0.2) is 0 Å². The fraction of sp³-hybridized carbons (Fsp3) is 0.185. The molecule has 1 unspecified atom stereocenters. The van der Waals surface area contributed by atoms with Gasteiger partial charge in [0, 0.05) is 28.6 Å². The van der Waals surface area contributed by atoms with E-state index in [0.717, 1.165) is 0 Å². The molecule has 4 aromatic rings. The normalized spacial score (nSPS) is 18.4. The maximum atomic E-state index is 13.1. The molecule has 2 aromatic heterocycles. The zero-order chi connectivity index (χ0) is 27.4. The van der Waals surface area contributed by atoms with Crippen LogP contribution in [0.3, 0.4) is 0 Å². The number of aromatic nitrogens is 6. The van der Waals surface area contributed by atoms with Gasteiger partial charge in [0.2, 0.25) is 11.8 Å². The molecule has 39 heavy (non-hydrogen) atoms. The molecular weight excluding hydrogens is 539 g/mol. The number of nitrogens with one attached hydrogen (secondary N) is 3. The van der Waals surface area contributed by atoms with E-state index in [9.17, 15) is 9.59 Å². The van der Waals surface area contributed by atoms with Crippen molar-refractivity contribution in [1.82, 2.24) is 35.5 Å². The van der Waals surface area contributed by atoms with Crippen LogP contribution >= 0.6 is 23.2 Å². The number of H-pyrrole nitrogens is 1. The maximum absolute atomic E-state index is 13.1. The second-order valence-electron chi connectivity index (χ2n) is 9.08. The molecule has 0 saturated heterocycles. The van der Waals surface area contributed by atoms with E-state index < -0.39 is 6.04 Å². The molecule has 2 amide bonds. The van der Waals surface area contributed by atoms with Gasteiger partial charge < -0.3 is 15.6 Å². The van der Waals surface area contributed by atoms with Crippen molar-refractivity contribution >= 4 is 46.8 Å². The first-order valence-electron chi connectivity index (χ1n) is 12.2. The van der Waals surface area contributed by atoms with E-state index in [-0.39, 0.29) is 17.7 Å². The molecule has 3 heterocycles. The Morgan fingerprint density at radius 2 is 2.05 bits per heavy atom. The number of tetrazole rings is 1. The summed E-state index contributed by atoms with van der Waals surface area (Å²) < 4.78 is 1.49. The van der Waals surface area contributed by atoms with Crippen molar-refractivity contribution in [2.45, 2.75) is 25.8 Å². The highest BCUT2D eigenvalue weighted by atomic mass is 35.5. The Bertz CT molecular complexity index is 1560. The van der Waals surface area contributed by atoms with Crippen LogP contribution in [0.1, 0.15) is 37.2 Å². The molecule has 10 nitrogen and oxygen atoms in total. The van der Waals surface area contributed by atoms with Crippen molar-refractivity contribution < 1.29 is 9.59 Å². The van der Waals surface area contributed by atoms with Gasteiger partial charge in [-0.05, 0) is 53.1 Å². The van der Waals surface area contributed by atoms with E-state index in [4.69, 9.17) is 28.2 Å². The van der Waals surface area contributed by atoms with Crippen LogP contribution in [0.4, 0.5) is 5.69 Å². The number of hydrogen-bond donors (Lipinski definition) is 3. The quantitative estimate of drug-likeness (QED) is 0.233. The van der Waals surface area contributed by atoms with Crippen molar-refractivity contribution in [3.63, 3.8) is 0 Å². The van der Waals surface area contributed by atoms with Crippen LogP contribution in [0.25, 0.3) is 23.0 Å². The molecule has 0 aliphatic carbocycles.